The molecule has 0 aliphatic heterocycles. The highest BCUT2D eigenvalue weighted by Crippen LogP contribution is 2.40. The Balaban J connectivity index is 1.87. The molecule has 1 heterocycles. The second kappa shape index (κ2) is 5.41. The predicted octanol–water partition coefficient (Wildman–Crippen LogP) is 4.74. The van der Waals surface area contributed by atoms with Crippen molar-refractivity contribution in [2.24, 2.45) is 5.92 Å². The van der Waals surface area contributed by atoms with Crippen LogP contribution in [0.4, 0.5) is 0 Å². The van der Waals surface area contributed by atoms with E-state index in [2.05, 4.69) is 41.9 Å². The van der Waals surface area contributed by atoms with Gasteiger partial charge in [-0.3, -0.25) is 0 Å². The summed E-state index contributed by atoms with van der Waals surface area (Å²) in [4.78, 5) is 0. The van der Waals surface area contributed by atoms with Crippen LogP contribution in [0, 0.1) is 5.92 Å². The number of thiophene rings is 1. The maximum absolute atomic E-state index is 3.74. The molecule has 0 saturated heterocycles. The zero-order valence-corrected chi connectivity index (χ0v) is 11.8. The first kappa shape index (κ1) is 12.2. The molecule has 0 radical (unpaired) electrons. The minimum atomic E-state index is 0.564. The van der Waals surface area contributed by atoms with Crippen molar-refractivity contribution in [3.05, 3.63) is 35.2 Å². The average Bonchev–Trinajstić information content (AvgIpc) is 3.12. The van der Waals surface area contributed by atoms with Crippen LogP contribution in [-0.4, -0.2) is 6.54 Å². The summed E-state index contributed by atoms with van der Waals surface area (Å²) in [6.07, 6.45) is 5.41. The monoisotopic (exact) mass is 259 g/mol. The molecule has 1 aliphatic rings. The average molecular weight is 259 g/mol. The van der Waals surface area contributed by atoms with E-state index in [1.165, 1.54) is 41.3 Å². The van der Waals surface area contributed by atoms with Crippen molar-refractivity contribution in [2.45, 2.75) is 38.6 Å². The lowest BCUT2D eigenvalue weighted by atomic mass is 10.0. The van der Waals surface area contributed by atoms with Gasteiger partial charge in [0.1, 0.15) is 0 Å². The molecule has 1 aromatic carbocycles. The van der Waals surface area contributed by atoms with Gasteiger partial charge in [0.25, 0.3) is 0 Å². The number of fused-ring (bicyclic) bond motifs is 1. The van der Waals surface area contributed by atoms with Gasteiger partial charge < -0.3 is 5.32 Å². The molecule has 2 aromatic rings. The Morgan fingerprint density at radius 2 is 2.17 bits per heavy atom. The maximum Gasteiger partial charge on any atom is 0.0346 e. The van der Waals surface area contributed by atoms with Crippen molar-refractivity contribution in [1.29, 1.82) is 0 Å². The fraction of sp³-hybridized carbons (Fsp3) is 0.500. The molecule has 1 aromatic heterocycles. The van der Waals surface area contributed by atoms with Crippen LogP contribution in [0.5, 0.6) is 0 Å². The van der Waals surface area contributed by atoms with E-state index in [4.69, 9.17) is 0 Å². The molecule has 1 saturated carbocycles. The van der Waals surface area contributed by atoms with E-state index >= 15 is 0 Å². The summed E-state index contributed by atoms with van der Waals surface area (Å²) >= 11 is 1.88. The quantitative estimate of drug-likeness (QED) is 0.790. The Morgan fingerprint density at radius 3 is 2.94 bits per heavy atom. The van der Waals surface area contributed by atoms with E-state index in [1.807, 2.05) is 11.3 Å². The highest BCUT2D eigenvalue weighted by molar-refractivity contribution is 7.17. The van der Waals surface area contributed by atoms with E-state index in [0.717, 1.165) is 12.5 Å². The topological polar surface area (TPSA) is 12.0 Å². The fourth-order valence-corrected chi connectivity index (χ4v) is 3.61. The highest BCUT2D eigenvalue weighted by atomic mass is 32.1. The zero-order chi connectivity index (χ0) is 12.4. The van der Waals surface area contributed by atoms with Gasteiger partial charge in [0.15, 0.2) is 0 Å². The number of rotatable bonds is 6. The molecular formula is C16H21NS. The van der Waals surface area contributed by atoms with Crippen molar-refractivity contribution in [2.75, 3.05) is 6.54 Å². The normalized spacial score (nSPS) is 17.2. The predicted molar refractivity (Wildman–Crippen MR) is 80.2 cm³/mol. The van der Waals surface area contributed by atoms with Crippen molar-refractivity contribution in [1.82, 2.24) is 5.32 Å². The van der Waals surface area contributed by atoms with Crippen molar-refractivity contribution in [3.63, 3.8) is 0 Å². The molecule has 1 fully saturated rings. The fourth-order valence-electron chi connectivity index (χ4n) is 2.59. The SMILES string of the molecule is CCCNC(CC1CC1)c1csc2ccccc12. The van der Waals surface area contributed by atoms with E-state index in [1.54, 1.807) is 0 Å². The summed E-state index contributed by atoms with van der Waals surface area (Å²) in [6, 6.07) is 9.37. The van der Waals surface area contributed by atoms with Gasteiger partial charge in [0, 0.05) is 10.7 Å². The lowest BCUT2D eigenvalue weighted by Crippen LogP contribution is -2.22. The van der Waals surface area contributed by atoms with Crippen molar-refractivity contribution < 1.29 is 0 Å². The minimum Gasteiger partial charge on any atom is -0.310 e. The Labute approximate surface area is 113 Å². The molecule has 1 aliphatic carbocycles. The third-order valence-corrected chi connectivity index (χ3v) is 4.77. The second-order valence-electron chi connectivity index (χ2n) is 5.37. The van der Waals surface area contributed by atoms with Crippen LogP contribution in [0.2, 0.25) is 0 Å². The van der Waals surface area contributed by atoms with Crippen LogP contribution in [0.15, 0.2) is 29.6 Å². The van der Waals surface area contributed by atoms with Gasteiger partial charge in [-0.2, -0.15) is 0 Å². The molecule has 0 amide bonds. The van der Waals surface area contributed by atoms with Crippen molar-refractivity contribution in [3.8, 4) is 0 Å². The van der Waals surface area contributed by atoms with Gasteiger partial charge in [-0.1, -0.05) is 38.0 Å². The van der Waals surface area contributed by atoms with Crippen LogP contribution in [-0.2, 0) is 0 Å². The Bertz CT molecular complexity index is 513. The molecule has 3 rings (SSSR count). The molecule has 18 heavy (non-hydrogen) atoms. The molecule has 1 unspecified atom stereocenters. The molecule has 1 nitrogen and oxygen atoms in total. The van der Waals surface area contributed by atoms with Crippen molar-refractivity contribution >= 4 is 21.4 Å². The zero-order valence-electron chi connectivity index (χ0n) is 11.0. The highest BCUT2D eigenvalue weighted by Gasteiger charge is 2.27. The molecule has 0 bridgehead atoms. The van der Waals surface area contributed by atoms with Crippen LogP contribution in [0.25, 0.3) is 10.1 Å². The first-order chi connectivity index (χ1) is 8.88. The molecule has 2 heteroatoms. The van der Waals surface area contributed by atoms with Gasteiger partial charge in [0.05, 0.1) is 0 Å². The molecule has 0 spiro atoms. The molecule has 1 atom stereocenters. The number of nitrogens with one attached hydrogen (secondary N) is 1. The number of benzene rings is 1. The lowest BCUT2D eigenvalue weighted by molar-refractivity contribution is 0.477. The first-order valence-corrected chi connectivity index (χ1v) is 7.96. The maximum atomic E-state index is 3.74. The Morgan fingerprint density at radius 1 is 1.33 bits per heavy atom. The third kappa shape index (κ3) is 2.60. The summed E-state index contributed by atoms with van der Waals surface area (Å²) < 4.78 is 1.42. The van der Waals surface area contributed by atoms with Gasteiger partial charge in [0.2, 0.25) is 0 Å². The van der Waals surface area contributed by atoms with Crippen LogP contribution in [0.3, 0.4) is 0 Å². The minimum absolute atomic E-state index is 0.564. The third-order valence-electron chi connectivity index (χ3n) is 3.79. The van der Waals surface area contributed by atoms with E-state index in [0.29, 0.717) is 6.04 Å². The van der Waals surface area contributed by atoms with E-state index < -0.39 is 0 Å². The van der Waals surface area contributed by atoms with Gasteiger partial charge >= 0.3 is 0 Å². The summed E-state index contributed by atoms with van der Waals surface area (Å²) in [7, 11) is 0. The van der Waals surface area contributed by atoms with Gasteiger partial charge in [-0.05, 0) is 47.7 Å². The summed E-state index contributed by atoms with van der Waals surface area (Å²) in [6.45, 7) is 3.37. The number of hydrogen-bond donors (Lipinski definition) is 1. The van der Waals surface area contributed by atoms with E-state index in [9.17, 15) is 0 Å². The van der Waals surface area contributed by atoms with Crippen LogP contribution >= 0.6 is 11.3 Å². The smallest absolute Gasteiger partial charge is 0.0346 e. The largest absolute Gasteiger partial charge is 0.310 e. The Kier molecular flexibility index (Phi) is 3.67. The van der Waals surface area contributed by atoms with Crippen LogP contribution < -0.4 is 5.32 Å². The molecular weight excluding hydrogens is 238 g/mol. The summed E-state index contributed by atoms with van der Waals surface area (Å²) in [5, 5.41) is 7.56. The summed E-state index contributed by atoms with van der Waals surface area (Å²) in [5.41, 5.74) is 1.52. The lowest BCUT2D eigenvalue weighted by Gasteiger charge is -2.18. The van der Waals surface area contributed by atoms with Crippen LogP contribution in [0.1, 0.15) is 44.2 Å². The second-order valence-corrected chi connectivity index (χ2v) is 6.28. The Hall–Kier alpha value is -0.860. The first-order valence-electron chi connectivity index (χ1n) is 7.08. The molecule has 96 valence electrons. The number of hydrogen-bond acceptors (Lipinski definition) is 2. The van der Waals surface area contributed by atoms with Gasteiger partial charge in [-0.15, -0.1) is 11.3 Å². The molecule has 1 N–H and O–H groups in total. The van der Waals surface area contributed by atoms with Gasteiger partial charge in [-0.25, -0.2) is 0 Å². The summed E-state index contributed by atoms with van der Waals surface area (Å²) in [5.74, 6) is 0.970. The standard InChI is InChI=1S/C16H21NS/c1-2-9-17-15(10-12-7-8-12)14-11-18-16-6-4-3-5-13(14)16/h3-6,11-12,15,17H,2,7-10H2,1H3. The van der Waals surface area contributed by atoms with E-state index in [-0.39, 0.29) is 0 Å².